The maximum Gasteiger partial charge on any atom is 0.305 e. The Bertz CT molecular complexity index is 241. The second kappa shape index (κ2) is 19.5. The lowest BCUT2D eigenvalue weighted by atomic mass is 10.1. The maximum absolute atomic E-state index is 11.5. The van der Waals surface area contributed by atoms with Crippen LogP contribution >= 0.6 is 0 Å². The minimum absolute atomic E-state index is 0.0740. The zero-order valence-electron chi connectivity index (χ0n) is 15.5. The van der Waals surface area contributed by atoms with Crippen molar-refractivity contribution in [2.45, 2.75) is 96.8 Å². The Balaban J connectivity index is 3.13. The number of carbonyl (C=O) groups excluding carboxylic acids is 1. The molecule has 0 amide bonds. The molecule has 0 saturated carbocycles. The van der Waals surface area contributed by atoms with E-state index in [0.717, 1.165) is 32.3 Å². The fourth-order valence-electron chi connectivity index (χ4n) is 2.53. The van der Waals surface area contributed by atoms with Gasteiger partial charge in [0.15, 0.2) is 0 Å². The zero-order chi connectivity index (χ0) is 17.0. The Morgan fingerprint density at radius 1 is 0.739 bits per heavy atom. The summed E-state index contributed by atoms with van der Waals surface area (Å²) in [7, 11) is 0. The highest BCUT2D eigenvalue weighted by Crippen LogP contribution is 2.10. The molecular weight excluding hydrogens is 288 g/mol. The molecule has 0 aliphatic carbocycles. The van der Waals surface area contributed by atoms with Crippen molar-refractivity contribution in [3.8, 4) is 0 Å². The Hall–Kier alpha value is -0.570. The van der Waals surface area contributed by atoms with Gasteiger partial charge in [-0.3, -0.25) is 4.79 Å². The molecule has 0 unspecified atom stereocenters. The van der Waals surface area contributed by atoms with Gasteiger partial charge in [0.1, 0.15) is 6.61 Å². The van der Waals surface area contributed by atoms with Crippen LogP contribution in [0.5, 0.6) is 0 Å². The molecule has 0 aliphatic rings. The third-order valence-corrected chi connectivity index (χ3v) is 4.01. The average molecular weight is 328 g/mol. The molecule has 0 aromatic heterocycles. The van der Waals surface area contributed by atoms with Crippen LogP contribution < -0.4 is 0 Å². The minimum atomic E-state index is -0.0740. The van der Waals surface area contributed by atoms with Crippen LogP contribution in [0.2, 0.25) is 0 Å². The van der Waals surface area contributed by atoms with E-state index in [2.05, 4.69) is 13.8 Å². The van der Waals surface area contributed by atoms with E-state index in [1.165, 1.54) is 57.8 Å². The number of hydrogen-bond acceptors (Lipinski definition) is 3. The molecule has 0 heterocycles. The monoisotopic (exact) mass is 327 g/mol. The van der Waals surface area contributed by atoms with Gasteiger partial charge >= 0.3 is 5.97 Å². The molecule has 0 aliphatic heterocycles. The molecule has 23 heavy (non-hydrogen) atoms. The standard InChI is InChI=1S/C20H39O3/c1-3-5-7-9-10-11-12-13-14-16-20(21)23-19-18-22-17-15-8-6-4-2/h1,3-19H2,2H3. The summed E-state index contributed by atoms with van der Waals surface area (Å²) in [5.41, 5.74) is 0. The SMILES string of the molecule is [CH2]CCCCCCCCCCC(=O)OCCOCCCCCC. The topological polar surface area (TPSA) is 35.5 Å². The summed E-state index contributed by atoms with van der Waals surface area (Å²) < 4.78 is 10.6. The van der Waals surface area contributed by atoms with Gasteiger partial charge in [-0.2, -0.15) is 0 Å². The van der Waals surface area contributed by atoms with Gasteiger partial charge in [0.25, 0.3) is 0 Å². The van der Waals surface area contributed by atoms with Crippen molar-refractivity contribution in [3.05, 3.63) is 6.92 Å². The van der Waals surface area contributed by atoms with Crippen LogP contribution in [0.4, 0.5) is 0 Å². The summed E-state index contributed by atoms with van der Waals surface area (Å²) in [6, 6.07) is 0. The van der Waals surface area contributed by atoms with E-state index < -0.39 is 0 Å². The van der Waals surface area contributed by atoms with Crippen LogP contribution in [0.25, 0.3) is 0 Å². The van der Waals surface area contributed by atoms with E-state index >= 15 is 0 Å². The summed E-state index contributed by atoms with van der Waals surface area (Å²) in [5.74, 6) is -0.0740. The first kappa shape index (κ1) is 22.4. The molecular formula is C20H39O3. The van der Waals surface area contributed by atoms with Gasteiger partial charge in [0.2, 0.25) is 0 Å². The van der Waals surface area contributed by atoms with E-state index in [1.54, 1.807) is 0 Å². The first-order valence-electron chi connectivity index (χ1n) is 9.83. The van der Waals surface area contributed by atoms with Crippen LogP contribution in [0.3, 0.4) is 0 Å². The molecule has 0 aromatic rings. The van der Waals surface area contributed by atoms with Crippen molar-refractivity contribution in [2.24, 2.45) is 0 Å². The molecule has 137 valence electrons. The highest BCUT2D eigenvalue weighted by Gasteiger charge is 2.02. The van der Waals surface area contributed by atoms with Crippen LogP contribution in [0, 0.1) is 6.92 Å². The van der Waals surface area contributed by atoms with Crippen molar-refractivity contribution in [1.29, 1.82) is 0 Å². The maximum atomic E-state index is 11.5. The highest BCUT2D eigenvalue weighted by molar-refractivity contribution is 5.69. The number of ether oxygens (including phenoxy) is 2. The molecule has 0 fully saturated rings. The Labute approximate surface area is 144 Å². The number of hydrogen-bond donors (Lipinski definition) is 0. The number of unbranched alkanes of at least 4 members (excludes halogenated alkanes) is 11. The molecule has 0 rings (SSSR count). The molecule has 0 atom stereocenters. The van der Waals surface area contributed by atoms with Crippen molar-refractivity contribution in [3.63, 3.8) is 0 Å². The van der Waals surface area contributed by atoms with E-state index in [4.69, 9.17) is 9.47 Å². The van der Waals surface area contributed by atoms with Gasteiger partial charge < -0.3 is 9.47 Å². The first-order chi connectivity index (χ1) is 11.3. The molecule has 0 spiro atoms. The summed E-state index contributed by atoms with van der Waals surface area (Å²) in [5, 5.41) is 0. The quantitative estimate of drug-likeness (QED) is 0.233. The lowest BCUT2D eigenvalue weighted by Gasteiger charge is -2.06. The predicted molar refractivity (Wildman–Crippen MR) is 97.4 cm³/mol. The van der Waals surface area contributed by atoms with Gasteiger partial charge in [0, 0.05) is 13.0 Å². The van der Waals surface area contributed by atoms with Crippen molar-refractivity contribution in [2.75, 3.05) is 19.8 Å². The number of carbonyl (C=O) groups is 1. The largest absolute Gasteiger partial charge is 0.463 e. The Morgan fingerprint density at radius 2 is 1.35 bits per heavy atom. The lowest BCUT2D eigenvalue weighted by molar-refractivity contribution is -0.145. The minimum Gasteiger partial charge on any atom is -0.463 e. The summed E-state index contributed by atoms with van der Waals surface area (Å²) in [6.07, 6.45) is 16.3. The summed E-state index contributed by atoms with van der Waals surface area (Å²) >= 11 is 0. The zero-order valence-corrected chi connectivity index (χ0v) is 15.5. The predicted octanol–water partition coefficient (Wildman–Crippen LogP) is 5.86. The molecule has 0 N–H and O–H groups in total. The second-order valence-electron chi connectivity index (χ2n) is 6.33. The van der Waals surface area contributed by atoms with Gasteiger partial charge in [-0.05, 0) is 12.8 Å². The fourth-order valence-corrected chi connectivity index (χ4v) is 2.53. The average Bonchev–Trinajstić information content (AvgIpc) is 2.56. The molecule has 0 aromatic carbocycles. The molecule has 1 radical (unpaired) electrons. The van der Waals surface area contributed by atoms with Gasteiger partial charge in [0.05, 0.1) is 6.61 Å². The Kier molecular flexibility index (Phi) is 19.0. The van der Waals surface area contributed by atoms with E-state index in [1.807, 2.05) is 0 Å². The van der Waals surface area contributed by atoms with Crippen molar-refractivity contribution < 1.29 is 14.3 Å². The normalized spacial score (nSPS) is 10.9. The Morgan fingerprint density at radius 3 is 2.00 bits per heavy atom. The van der Waals surface area contributed by atoms with Crippen LogP contribution in [0.1, 0.15) is 96.8 Å². The number of esters is 1. The second-order valence-corrected chi connectivity index (χ2v) is 6.33. The van der Waals surface area contributed by atoms with Crippen LogP contribution in [0.15, 0.2) is 0 Å². The van der Waals surface area contributed by atoms with Crippen LogP contribution in [-0.2, 0) is 14.3 Å². The van der Waals surface area contributed by atoms with E-state index in [0.29, 0.717) is 19.6 Å². The van der Waals surface area contributed by atoms with Gasteiger partial charge in [-0.15, -0.1) is 0 Å². The van der Waals surface area contributed by atoms with E-state index in [9.17, 15) is 4.79 Å². The smallest absolute Gasteiger partial charge is 0.305 e. The molecule has 0 saturated heterocycles. The highest BCUT2D eigenvalue weighted by atomic mass is 16.6. The van der Waals surface area contributed by atoms with Crippen LogP contribution in [-0.4, -0.2) is 25.8 Å². The van der Waals surface area contributed by atoms with Gasteiger partial charge in [-0.1, -0.05) is 84.5 Å². The summed E-state index contributed by atoms with van der Waals surface area (Å²) in [6.45, 7) is 7.77. The van der Waals surface area contributed by atoms with Crippen molar-refractivity contribution >= 4 is 5.97 Å². The lowest BCUT2D eigenvalue weighted by Crippen LogP contribution is -2.10. The molecule has 3 heteroatoms. The number of rotatable bonds is 18. The first-order valence-corrected chi connectivity index (χ1v) is 9.83. The van der Waals surface area contributed by atoms with Gasteiger partial charge in [-0.25, -0.2) is 0 Å². The third kappa shape index (κ3) is 19.4. The third-order valence-electron chi connectivity index (χ3n) is 4.01. The van der Waals surface area contributed by atoms with E-state index in [-0.39, 0.29) is 5.97 Å². The fraction of sp³-hybridized carbons (Fsp3) is 0.900. The molecule has 3 nitrogen and oxygen atoms in total. The summed E-state index contributed by atoms with van der Waals surface area (Å²) in [4.78, 5) is 11.5. The van der Waals surface area contributed by atoms with Crippen molar-refractivity contribution in [1.82, 2.24) is 0 Å². The molecule has 0 bridgehead atoms.